The van der Waals surface area contributed by atoms with Gasteiger partial charge in [0.1, 0.15) is 17.7 Å². The molecule has 40 heavy (non-hydrogen) atoms. The number of carbonyl (C=O) groups excluding carboxylic acids is 1. The van der Waals surface area contributed by atoms with Crippen molar-refractivity contribution in [3.63, 3.8) is 0 Å². The molecule has 1 amide bonds. The zero-order chi connectivity index (χ0) is 27.6. The molecule has 0 spiro atoms. The van der Waals surface area contributed by atoms with Crippen LogP contribution < -0.4 is 9.47 Å². The molecule has 0 aliphatic carbocycles. The lowest BCUT2D eigenvalue weighted by atomic mass is 9.98. The first kappa shape index (κ1) is 26.2. The van der Waals surface area contributed by atoms with E-state index in [1.807, 2.05) is 53.4 Å². The van der Waals surface area contributed by atoms with Gasteiger partial charge in [-0.15, -0.1) is 5.10 Å². The van der Waals surface area contributed by atoms with Gasteiger partial charge in [-0.1, -0.05) is 23.9 Å². The number of amides is 1. The Hall–Kier alpha value is -3.99. The number of hydrogen-bond donors (Lipinski definition) is 0. The zero-order valence-electron chi connectivity index (χ0n) is 21.7. The number of thioether (sulfide) groups is 1. The molecule has 0 radical (unpaired) electrons. The van der Waals surface area contributed by atoms with Crippen molar-refractivity contribution in [2.24, 2.45) is 0 Å². The standard InChI is InChI=1S/C29H27F2N5O3S/c1-38-24-11-9-21(10-12-24)36-29(32-33-34-36)40-17-18-2-4-19(5-3-18)28(37)35-22-7-8-23(35)16-25(15-22)39-27-13-6-20(30)14-26(27)31/h2-6,9-14,22-23,25H,7-8,15-17H2,1H3/t22-,23-/m0/s1. The third-order valence-corrected chi connectivity index (χ3v) is 8.43. The van der Waals surface area contributed by atoms with Crippen LogP contribution in [0.3, 0.4) is 0 Å². The Balaban J connectivity index is 1.07. The maximum absolute atomic E-state index is 14.1. The van der Waals surface area contributed by atoms with Crippen molar-refractivity contribution >= 4 is 17.7 Å². The molecule has 3 aromatic carbocycles. The maximum atomic E-state index is 14.1. The minimum Gasteiger partial charge on any atom is -0.497 e. The molecule has 2 bridgehead atoms. The van der Waals surface area contributed by atoms with Crippen LogP contribution in [0.4, 0.5) is 8.78 Å². The Morgan fingerprint density at radius 2 is 1.73 bits per heavy atom. The lowest BCUT2D eigenvalue weighted by Gasteiger charge is -2.39. The van der Waals surface area contributed by atoms with Crippen LogP contribution in [0.5, 0.6) is 11.5 Å². The van der Waals surface area contributed by atoms with Gasteiger partial charge in [-0.3, -0.25) is 4.79 Å². The van der Waals surface area contributed by atoms with Crippen molar-refractivity contribution < 1.29 is 23.0 Å². The average molecular weight is 564 g/mol. The molecule has 6 rings (SSSR count). The van der Waals surface area contributed by atoms with Gasteiger partial charge in [0, 0.05) is 42.3 Å². The van der Waals surface area contributed by atoms with E-state index in [0.717, 1.165) is 35.9 Å². The van der Waals surface area contributed by atoms with Gasteiger partial charge in [-0.2, -0.15) is 4.68 Å². The molecule has 0 unspecified atom stereocenters. The van der Waals surface area contributed by atoms with E-state index in [0.29, 0.717) is 29.3 Å². The number of benzene rings is 3. The SMILES string of the molecule is COc1ccc(-n2nnnc2SCc2ccc(C(=O)N3[C@H]4CC[C@H]3CC(Oc3ccc(F)cc3F)C4)cc2)cc1. The Labute approximate surface area is 234 Å². The zero-order valence-corrected chi connectivity index (χ0v) is 22.6. The molecule has 8 nitrogen and oxygen atoms in total. The minimum atomic E-state index is -0.707. The Morgan fingerprint density at radius 3 is 2.40 bits per heavy atom. The summed E-state index contributed by atoms with van der Waals surface area (Å²) in [6.07, 6.45) is 2.81. The van der Waals surface area contributed by atoms with Crippen LogP contribution in [0.15, 0.2) is 71.9 Å². The van der Waals surface area contributed by atoms with Crippen molar-refractivity contribution in [2.75, 3.05) is 7.11 Å². The average Bonchev–Trinajstić information content (AvgIpc) is 3.55. The summed E-state index contributed by atoms with van der Waals surface area (Å²) in [5.41, 5.74) is 2.51. The van der Waals surface area contributed by atoms with E-state index >= 15 is 0 Å². The van der Waals surface area contributed by atoms with Crippen LogP contribution in [-0.2, 0) is 5.75 Å². The van der Waals surface area contributed by atoms with E-state index in [1.165, 1.54) is 23.9 Å². The number of nitrogens with zero attached hydrogens (tertiary/aromatic N) is 5. The summed E-state index contributed by atoms with van der Waals surface area (Å²) in [6, 6.07) is 18.5. The van der Waals surface area contributed by atoms with Crippen molar-refractivity contribution in [3.05, 3.63) is 89.5 Å². The largest absolute Gasteiger partial charge is 0.497 e. The topological polar surface area (TPSA) is 82.4 Å². The predicted octanol–water partition coefficient (Wildman–Crippen LogP) is 5.46. The number of rotatable bonds is 8. The highest BCUT2D eigenvalue weighted by Crippen LogP contribution is 2.38. The van der Waals surface area contributed by atoms with E-state index in [2.05, 4.69) is 15.5 Å². The van der Waals surface area contributed by atoms with E-state index in [9.17, 15) is 13.6 Å². The molecule has 11 heteroatoms. The Kier molecular flexibility index (Phi) is 7.38. The molecular formula is C29H27F2N5O3S. The summed E-state index contributed by atoms with van der Waals surface area (Å²) in [6.45, 7) is 0. The summed E-state index contributed by atoms with van der Waals surface area (Å²) < 4.78 is 40.1. The predicted molar refractivity (Wildman–Crippen MR) is 145 cm³/mol. The van der Waals surface area contributed by atoms with Crippen molar-refractivity contribution in [3.8, 4) is 17.2 Å². The molecule has 2 aliphatic heterocycles. The van der Waals surface area contributed by atoms with Gasteiger partial charge in [0.05, 0.1) is 12.8 Å². The first-order valence-electron chi connectivity index (χ1n) is 13.1. The van der Waals surface area contributed by atoms with Crippen molar-refractivity contribution in [2.45, 2.75) is 54.8 Å². The number of hydrogen-bond acceptors (Lipinski definition) is 7. The second-order valence-corrected chi connectivity index (χ2v) is 10.9. The van der Waals surface area contributed by atoms with Gasteiger partial charge in [0.2, 0.25) is 5.16 Å². The highest BCUT2D eigenvalue weighted by atomic mass is 32.2. The summed E-state index contributed by atoms with van der Waals surface area (Å²) in [5, 5.41) is 12.7. The third-order valence-electron chi connectivity index (χ3n) is 7.44. The summed E-state index contributed by atoms with van der Waals surface area (Å²) >= 11 is 1.51. The number of halogens is 2. The van der Waals surface area contributed by atoms with E-state index < -0.39 is 11.6 Å². The van der Waals surface area contributed by atoms with Crippen LogP contribution in [0.25, 0.3) is 5.69 Å². The van der Waals surface area contributed by atoms with Crippen LogP contribution >= 0.6 is 11.8 Å². The summed E-state index contributed by atoms with van der Waals surface area (Å²) in [4.78, 5) is 15.4. The van der Waals surface area contributed by atoms with Crippen molar-refractivity contribution in [1.29, 1.82) is 0 Å². The van der Waals surface area contributed by atoms with Gasteiger partial charge < -0.3 is 14.4 Å². The number of carbonyl (C=O) groups is 1. The molecule has 2 saturated heterocycles. The summed E-state index contributed by atoms with van der Waals surface area (Å²) in [5.74, 6) is 0.106. The fraction of sp³-hybridized carbons (Fsp3) is 0.310. The van der Waals surface area contributed by atoms with E-state index in [-0.39, 0.29) is 29.8 Å². The molecule has 2 fully saturated rings. The smallest absolute Gasteiger partial charge is 0.254 e. The van der Waals surface area contributed by atoms with Crippen LogP contribution in [-0.4, -0.2) is 56.3 Å². The quantitative estimate of drug-likeness (QED) is 0.264. The lowest BCUT2D eigenvalue weighted by Crippen LogP contribution is -2.49. The first-order chi connectivity index (χ1) is 19.5. The molecule has 206 valence electrons. The van der Waals surface area contributed by atoms with Crippen LogP contribution in [0.1, 0.15) is 41.6 Å². The second-order valence-electron chi connectivity index (χ2n) is 9.94. The minimum absolute atomic E-state index is 0.00145. The molecule has 4 aromatic rings. The second kappa shape index (κ2) is 11.2. The van der Waals surface area contributed by atoms with Crippen molar-refractivity contribution in [1.82, 2.24) is 25.1 Å². The van der Waals surface area contributed by atoms with E-state index in [4.69, 9.17) is 9.47 Å². The van der Waals surface area contributed by atoms with E-state index in [1.54, 1.807) is 11.8 Å². The fourth-order valence-corrected chi connectivity index (χ4v) is 6.35. The van der Waals surface area contributed by atoms with Gasteiger partial charge >= 0.3 is 0 Å². The molecule has 2 atom stereocenters. The number of fused-ring (bicyclic) bond motifs is 2. The van der Waals surface area contributed by atoms with Gasteiger partial charge in [-0.05, 0) is 77.4 Å². The number of methoxy groups -OCH3 is 1. The molecule has 0 saturated carbocycles. The first-order valence-corrected chi connectivity index (χ1v) is 14.1. The molecule has 0 N–H and O–H groups in total. The molecule has 3 heterocycles. The number of ether oxygens (including phenoxy) is 2. The third kappa shape index (κ3) is 5.38. The van der Waals surface area contributed by atoms with Crippen LogP contribution in [0.2, 0.25) is 0 Å². The number of piperidine rings is 1. The highest BCUT2D eigenvalue weighted by Gasteiger charge is 2.44. The summed E-state index contributed by atoms with van der Waals surface area (Å²) in [7, 11) is 1.62. The normalized spacial score (nSPS) is 20.0. The maximum Gasteiger partial charge on any atom is 0.254 e. The van der Waals surface area contributed by atoms with Gasteiger partial charge in [0.25, 0.3) is 5.91 Å². The Morgan fingerprint density at radius 1 is 1.00 bits per heavy atom. The Bertz CT molecular complexity index is 1480. The number of aromatic nitrogens is 4. The van der Waals surface area contributed by atoms with Crippen LogP contribution in [0, 0.1) is 11.6 Å². The number of tetrazole rings is 1. The molecule has 1 aromatic heterocycles. The van der Waals surface area contributed by atoms with Gasteiger partial charge in [0.15, 0.2) is 11.6 Å². The lowest BCUT2D eigenvalue weighted by molar-refractivity contribution is 0.0349. The van der Waals surface area contributed by atoms with Gasteiger partial charge in [-0.25, -0.2) is 8.78 Å². The molecule has 2 aliphatic rings. The monoisotopic (exact) mass is 563 g/mol. The highest BCUT2D eigenvalue weighted by molar-refractivity contribution is 7.98. The molecular weight excluding hydrogens is 536 g/mol. The fourth-order valence-electron chi connectivity index (χ4n) is 5.50.